The zero-order valence-electron chi connectivity index (χ0n) is 11.1. The zero-order chi connectivity index (χ0) is 14.1. The molecule has 20 heavy (non-hydrogen) atoms. The number of hydrogen-bond acceptors (Lipinski definition) is 4. The summed E-state index contributed by atoms with van der Waals surface area (Å²) in [6, 6.07) is 5.87. The van der Waals surface area contributed by atoms with Gasteiger partial charge in [0.15, 0.2) is 5.82 Å². The molecule has 2 fully saturated rings. The molecule has 1 aromatic rings. The van der Waals surface area contributed by atoms with Crippen molar-refractivity contribution in [1.82, 2.24) is 10.2 Å². The molecule has 0 aromatic heterocycles. The van der Waals surface area contributed by atoms with Gasteiger partial charge in [0.05, 0.1) is 15.7 Å². The third kappa shape index (κ3) is 2.41. The maximum absolute atomic E-state index is 14.2. The summed E-state index contributed by atoms with van der Waals surface area (Å²) in [6.45, 7) is 5.92. The predicted octanol–water partition coefficient (Wildman–Crippen LogP) is 1.55. The monoisotopic (exact) mass is 338 g/mol. The Bertz CT molecular complexity index is 545. The van der Waals surface area contributed by atoms with E-state index >= 15 is 0 Å². The highest BCUT2D eigenvalue weighted by atomic mass is 79.9. The summed E-state index contributed by atoms with van der Waals surface area (Å²) in [6.07, 6.45) is 0. The van der Waals surface area contributed by atoms with Crippen molar-refractivity contribution in [2.75, 3.05) is 44.2 Å². The summed E-state index contributed by atoms with van der Waals surface area (Å²) in [5.41, 5.74) is 0.924. The Morgan fingerprint density at radius 3 is 2.65 bits per heavy atom. The molecule has 0 bridgehead atoms. The highest BCUT2D eigenvalue weighted by Gasteiger charge is 2.34. The van der Waals surface area contributed by atoms with Gasteiger partial charge in [-0.25, -0.2) is 4.39 Å². The predicted molar refractivity (Wildman–Crippen MR) is 79.3 cm³/mol. The first-order valence-corrected chi connectivity index (χ1v) is 7.58. The number of halogens is 2. The van der Waals surface area contributed by atoms with Crippen LogP contribution >= 0.6 is 15.9 Å². The van der Waals surface area contributed by atoms with Crippen molar-refractivity contribution < 1.29 is 4.39 Å². The van der Waals surface area contributed by atoms with Crippen molar-refractivity contribution in [3.05, 3.63) is 28.0 Å². The molecule has 0 unspecified atom stereocenters. The number of nitrogens with one attached hydrogen (secondary N) is 1. The van der Waals surface area contributed by atoms with E-state index in [0.717, 1.165) is 39.3 Å². The van der Waals surface area contributed by atoms with Crippen LogP contribution in [0.2, 0.25) is 0 Å². The van der Waals surface area contributed by atoms with Gasteiger partial charge in [-0.3, -0.25) is 4.90 Å². The van der Waals surface area contributed by atoms with Gasteiger partial charge in [0, 0.05) is 45.3 Å². The Hall–Kier alpha value is -1.16. The van der Waals surface area contributed by atoms with E-state index in [1.807, 2.05) is 11.0 Å². The summed E-state index contributed by atoms with van der Waals surface area (Å²) in [5.74, 6) is -0.331. The second-order valence-electron chi connectivity index (χ2n) is 5.22. The van der Waals surface area contributed by atoms with Gasteiger partial charge in [-0.05, 0) is 28.1 Å². The normalized spacial score (nSPS) is 20.6. The first-order chi connectivity index (χ1) is 9.70. The van der Waals surface area contributed by atoms with Crippen molar-refractivity contribution in [3.63, 3.8) is 0 Å². The van der Waals surface area contributed by atoms with E-state index in [1.165, 1.54) is 0 Å². The Kier molecular flexibility index (Phi) is 3.92. The topological polar surface area (TPSA) is 42.3 Å². The fourth-order valence-corrected chi connectivity index (χ4v) is 3.22. The Labute approximate surface area is 126 Å². The number of rotatable bonds is 2. The third-order valence-corrected chi connectivity index (χ3v) is 4.83. The molecule has 3 rings (SSSR count). The number of nitriles is 1. The molecule has 2 aliphatic heterocycles. The Balaban J connectivity index is 1.68. The minimum absolute atomic E-state index is 0.267. The van der Waals surface area contributed by atoms with E-state index < -0.39 is 0 Å². The van der Waals surface area contributed by atoms with E-state index in [0.29, 0.717) is 17.3 Å². The van der Waals surface area contributed by atoms with Crippen LogP contribution in [0.1, 0.15) is 5.56 Å². The minimum atomic E-state index is -0.331. The average molecular weight is 339 g/mol. The van der Waals surface area contributed by atoms with Crippen LogP contribution in [0, 0.1) is 17.1 Å². The lowest BCUT2D eigenvalue weighted by atomic mass is 10.0. The van der Waals surface area contributed by atoms with Crippen LogP contribution in [-0.2, 0) is 0 Å². The summed E-state index contributed by atoms with van der Waals surface area (Å²) in [4.78, 5) is 4.50. The fourth-order valence-electron chi connectivity index (χ4n) is 2.80. The fraction of sp³-hybridized carbons (Fsp3) is 0.500. The lowest BCUT2D eigenvalue weighted by Crippen LogP contribution is -2.63. The lowest BCUT2D eigenvalue weighted by molar-refractivity contribution is 0.147. The van der Waals surface area contributed by atoms with E-state index in [9.17, 15) is 4.39 Å². The summed E-state index contributed by atoms with van der Waals surface area (Å²) in [5, 5.41) is 12.2. The molecule has 0 amide bonds. The van der Waals surface area contributed by atoms with Gasteiger partial charge in [0.1, 0.15) is 6.07 Å². The SMILES string of the molecule is N#Cc1ccc(N2CC(N3CCNCC3)C2)c(F)c1Br. The quantitative estimate of drug-likeness (QED) is 0.888. The first-order valence-electron chi connectivity index (χ1n) is 6.78. The van der Waals surface area contributed by atoms with E-state index in [4.69, 9.17) is 5.26 Å². The van der Waals surface area contributed by atoms with Crippen LogP contribution < -0.4 is 10.2 Å². The van der Waals surface area contributed by atoms with Crippen LogP contribution in [0.25, 0.3) is 0 Å². The standard InChI is InChI=1S/C14H16BrFN4/c15-13-10(7-17)1-2-12(14(13)16)20-8-11(9-20)19-5-3-18-4-6-19/h1-2,11,18H,3-6,8-9H2. The van der Waals surface area contributed by atoms with Crippen molar-refractivity contribution >= 4 is 21.6 Å². The highest BCUT2D eigenvalue weighted by Crippen LogP contribution is 2.32. The van der Waals surface area contributed by atoms with Gasteiger partial charge in [-0.2, -0.15) is 5.26 Å². The van der Waals surface area contributed by atoms with Crippen LogP contribution in [0.15, 0.2) is 16.6 Å². The van der Waals surface area contributed by atoms with E-state index in [1.54, 1.807) is 12.1 Å². The van der Waals surface area contributed by atoms with Crippen LogP contribution in [0.5, 0.6) is 0 Å². The molecule has 0 spiro atoms. The number of benzene rings is 1. The number of hydrogen-bond donors (Lipinski definition) is 1. The number of nitrogens with zero attached hydrogens (tertiary/aromatic N) is 3. The van der Waals surface area contributed by atoms with Gasteiger partial charge in [0.25, 0.3) is 0 Å². The van der Waals surface area contributed by atoms with E-state index in [2.05, 4.69) is 26.1 Å². The molecule has 0 saturated carbocycles. The Morgan fingerprint density at radius 1 is 1.30 bits per heavy atom. The minimum Gasteiger partial charge on any atom is -0.366 e. The van der Waals surface area contributed by atoms with Crippen molar-refractivity contribution in [2.24, 2.45) is 0 Å². The molecule has 2 saturated heterocycles. The molecular formula is C14H16BrFN4. The molecule has 4 nitrogen and oxygen atoms in total. The molecule has 2 aliphatic rings. The van der Waals surface area contributed by atoms with E-state index in [-0.39, 0.29) is 10.3 Å². The van der Waals surface area contributed by atoms with Crippen LogP contribution in [0.3, 0.4) is 0 Å². The zero-order valence-corrected chi connectivity index (χ0v) is 12.7. The second-order valence-corrected chi connectivity index (χ2v) is 6.01. The van der Waals surface area contributed by atoms with Gasteiger partial charge in [-0.15, -0.1) is 0 Å². The Morgan fingerprint density at radius 2 is 2.00 bits per heavy atom. The molecule has 6 heteroatoms. The third-order valence-electron chi connectivity index (χ3n) is 4.05. The van der Waals surface area contributed by atoms with Gasteiger partial charge < -0.3 is 10.2 Å². The second kappa shape index (κ2) is 5.68. The van der Waals surface area contributed by atoms with Gasteiger partial charge in [0.2, 0.25) is 0 Å². The van der Waals surface area contributed by atoms with Crippen molar-refractivity contribution in [1.29, 1.82) is 5.26 Å². The first kappa shape index (κ1) is 13.8. The molecular weight excluding hydrogens is 323 g/mol. The van der Waals surface area contributed by atoms with Crippen LogP contribution in [-0.4, -0.2) is 50.2 Å². The molecule has 0 aliphatic carbocycles. The number of piperazine rings is 1. The summed E-state index contributed by atoms with van der Waals surface area (Å²) < 4.78 is 14.5. The largest absolute Gasteiger partial charge is 0.366 e. The van der Waals surface area contributed by atoms with Crippen LogP contribution in [0.4, 0.5) is 10.1 Å². The molecule has 106 valence electrons. The molecule has 0 atom stereocenters. The molecule has 2 heterocycles. The smallest absolute Gasteiger partial charge is 0.161 e. The van der Waals surface area contributed by atoms with Crippen molar-refractivity contribution in [3.8, 4) is 6.07 Å². The molecule has 0 radical (unpaired) electrons. The lowest BCUT2D eigenvalue weighted by Gasteiger charge is -2.48. The molecule has 1 aromatic carbocycles. The maximum atomic E-state index is 14.2. The van der Waals surface area contributed by atoms with Gasteiger partial charge in [-0.1, -0.05) is 0 Å². The highest BCUT2D eigenvalue weighted by molar-refractivity contribution is 9.10. The summed E-state index contributed by atoms with van der Waals surface area (Å²) in [7, 11) is 0. The average Bonchev–Trinajstić information content (AvgIpc) is 2.43. The van der Waals surface area contributed by atoms with Gasteiger partial charge >= 0.3 is 0 Å². The molecule has 1 N–H and O–H groups in total. The van der Waals surface area contributed by atoms with Crippen molar-refractivity contribution in [2.45, 2.75) is 6.04 Å². The summed E-state index contributed by atoms with van der Waals surface area (Å²) >= 11 is 3.16. The maximum Gasteiger partial charge on any atom is 0.161 e. The number of anilines is 1.